The van der Waals surface area contributed by atoms with Crippen molar-refractivity contribution in [3.05, 3.63) is 17.7 Å². The largest absolute Gasteiger partial charge is 0.490 e. The van der Waals surface area contributed by atoms with Gasteiger partial charge >= 0.3 is 0 Å². The van der Waals surface area contributed by atoms with E-state index < -0.39 is 10.0 Å². The zero-order valence-electron chi connectivity index (χ0n) is 13.5. The van der Waals surface area contributed by atoms with Gasteiger partial charge in [-0.05, 0) is 38.3 Å². The first kappa shape index (κ1) is 15.6. The van der Waals surface area contributed by atoms with Gasteiger partial charge in [-0.3, -0.25) is 0 Å². The highest BCUT2D eigenvalue weighted by molar-refractivity contribution is 7.89. The van der Waals surface area contributed by atoms with E-state index in [0.29, 0.717) is 23.8 Å². The molecule has 2 heterocycles. The van der Waals surface area contributed by atoms with E-state index in [-0.39, 0.29) is 6.04 Å². The van der Waals surface area contributed by atoms with Crippen LogP contribution in [0.25, 0.3) is 0 Å². The summed E-state index contributed by atoms with van der Waals surface area (Å²) >= 11 is 0. The SMILES string of the molecule is Cc1cc2c(cc1S(=O)(=O)N1CCCC[C@@H]1C)OCCN2C. The molecule has 3 rings (SSSR count). The van der Waals surface area contributed by atoms with Crippen LogP contribution < -0.4 is 9.64 Å². The van der Waals surface area contributed by atoms with Crippen molar-refractivity contribution >= 4 is 15.7 Å². The lowest BCUT2D eigenvalue weighted by atomic mass is 10.1. The van der Waals surface area contributed by atoms with Gasteiger partial charge in [0.05, 0.1) is 17.1 Å². The highest BCUT2D eigenvalue weighted by atomic mass is 32.2. The van der Waals surface area contributed by atoms with Crippen LogP contribution in [0.4, 0.5) is 5.69 Å². The quantitative estimate of drug-likeness (QED) is 0.838. The standard InChI is InChI=1S/C16H24N2O3S/c1-12-10-14-15(21-9-8-17(14)3)11-16(12)22(19,20)18-7-5-4-6-13(18)2/h10-11,13H,4-9H2,1-3H3/t13-/m0/s1. The van der Waals surface area contributed by atoms with Gasteiger partial charge in [0.1, 0.15) is 12.4 Å². The molecule has 0 unspecified atom stereocenters. The molecule has 0 bridgehead atoms. The van der Waals surface area contributed by atoms with Crippen molar-refractivity contribution < 1.29 is 13.2 Å². The van der Waals surface area contributed by atoms with Gasteiger partial charge in [0.25, 0.3) is 0 Å². The summed E-state index contributed by atoms with van der Waals surface area (Å²) in [5.41, 5.74) is 1.75. The Morgan fingerprint density at radius 2 is 2.00 bits per heavy atom. The summed E-state index contributed by atoms with van der Waals surface area (Å²) < 4.78 is 33.4. The van der Waals surface area contributed by atoms with E-state index in [9.17, 15) is 8.42 Å². The maximum absolute atomic E-state index is 13.0. The van der Waals surface area contributed by atoms with E-state index in [1.807, 2.05) is 27.0 Å². The number of anilines is 1. The molecule has 1 atom stereocenters. The van der Waals surface area contributed by atoms with Crippen molar-refractivity contribution in [3.8, 4) is 5.75 Å². The molecule has 1 aromatic carbocycles. The Bertz CT molecular complexity index is 672. The van der Waals surface area contributed by atoms with Crippen LogP contribution in [-0.4, -0.2) is 45.5 Å². The van der Waals surface area contributed by atoms with E-state index in [2.05, 4.69) is 4.90 Å². The number of piperidine rings is 1. The van der Waals surface area contributed by atoms with Gasteiger partial charge in [-0.15, -0.1) is 0 Å². The zero-order valence-corrected chi connectivity index (χ0v) is 14.3. The number of aryl methyl sites for hydroxylation is 1. The number of ether oxygens (including phenoxy) is 1. The van der Waals surface area contributed by atoms with Crippen molar-refractivity contribution in [2.45, 2.75) is 44.0 Å². The van der Waals surface area contributed by atoms with E-state index in [1.54, 1.807) is 10.4 Å². The molecule has 2 aliphatic heterocycles. The van der Waals surface area contributed by atoms with Crippen LogP contribution in [0.2, 0.25) is 0 Å². The van der Waals surface area contributed by atoms with Crippen molar-refractivity contribution in [3.63, 3.8) is 0 Å². The molecule has 2 aliphatic rings. The molecular weight excluding hydrogens is 300 g/mol. The van der Waals surface area contributed by atoms with Crippen LogP contribution in [0.1, 0.15) is 31.7 Å². The first-order chi connectivity index (χ1) is 10.4. The number of benzene rings is 1. The summed E-state index contributed by atoms with van der Waals surface area (Å²) in [6.07, 6.45) is 2.97. The highest BCUT2D eigenvalue weighted by Gasteiger charge is 2.33. The van der Waals surface area contributed by atoms with E-state index in [0.717, 1.165) is 37.1 Å². The Morgan fingerprint density at radius 1 is 1.23 bits per heavy atom. The molecule has 22 heavy (non-hydrogen) atoms. The lowest BCUT2D eigenvalue weighted by Crippen LogP contribution is -2.42. The number of hydrogen-bond donors (Lipinski definition) is 0. The summed E-state index contributed by atoms with van der Waals surface area (Å²) in [4.78, 5) is 2.49. The third kappa shape index (κ3) is 2.58. The van der Waals surface area contributed by atoms with Crippen molar-refractivity contribution in [2.75, 3.05) is 31.6 Å². The van der Waals surface area contributed by atoms with Gasteiger partial charge in [-0.1, -0.05) is 6.42 Å². The third-order valence-corrected chi connectivity index (χ3v) is 6.84. The van der Waals surface area contributed by atoms with E-state index in [1.165, 1.54) is 0 Å². The summed E-state index contributed by atoms with van der Waals surface area (Å²) in [5, 5.41) is 0. The first-order valence-corrected chi connectivity index (χ1v) is 9.35. The average Bonchev–Trinajstić information content (AvgIpc) is 2.48. The second kappa shape index (κ2) is 5.74. The molecule has 0 radical (unpaired) electrons. The highest BCUT2D eigenvalue weighted by Crippen LogP contribution is 2.37. The molecule has 5 nitrogen and oxygen atoms in total. The minimum Gasteiger partial charge on any atom is -0.490 e. The molecule has 1 fully saturated rings. The lowest BCUT2D eigenvalue weighted by Gasteiger charge is -2.34. The van der Waals surface area contributed by atoms with Crippen LogP contribution in [0.3, 0.4) is 0 Å². The molecule has 6 heteroatoms. The minimum atomic E-state index is -3.46. The van der Waals surface area contributed by atoms with Gasteiger partial charge in [-0.25, -0.2) is 8.42 Å². The first-order valence-electron chi connectivity index (χ1n) is 7.91. The monoisotopic (exact) mass is 324 g/mol. The molecule has 0 spiro atoms. The Balaban J connectivity index is 2.04. The minimum absolute atomic E-state index is 0.0674. The normalized spacial score (nSPS) is 23.0. The topological polar surface area (TPSA) is 49.9 Å². The molecule has 0 aromatic heterocycles. The summed E-state index contributed by atoms with van der Waals surface area (Å²) in [6, 6.07) is 3.70. The van der Waals surface area contributed by atoms with E-state index >= 15 is 0 Å². The average molecular weight is 324 g/mol. The number of hydrogen-bond acceptors (Lipinski definition) is 4. The Morgan fingerprint density at radius 3 is 2.73 bits per heavy atom. The third-order valence-electron chi connectivity index (χ3n) is 4.68. The number of likely N-dealkylation sites (N-methyl/N-ethyl adjacent to an activating group) is 1. The smallest absolute Gasteiger partial charge is 0.243 e. The predicted molar refractivity (Wildman–Crippen MR) is 87.1 cm³/mol. The van der Waals surface area contributed by atoms with Crippen molar-refractivity contribution in [2.24, 2.45) is 0 Å². The number of rotatable bonds is 2. The van der Waals surface area contributed by atoms with Gasteiger partial charge in [0.15, 0.2) is 0 Å². The predicted octanol–water partition coefficient (Wildman–Crippen LogP) is 2.39. The molecule has 0 aliphatic carbocycles. The van der Waals surface area contributed by atoms with Crippen molar-refractivity contribution in [1.82, 2.24) is 4.31 Å². The molecule has 122 valence electrons. The van der Waals surface area contributed by atoms with Crippen LogP contribution in [0, 0.1) is 6.92 Å². The van der Waals surface area contributed by atoms with Gasteiger partial charge < -0.3 is 9.64 Å². The summed E-state index contributed by atoms with van der Waals surface area (Å²) in [7, 11) is -1.46. The number of nitrogens with zero attached hydrogens (tertiary/aromatic N) is 2. The molecule has 0 amide bonds. The molecule has 1 aromatic rings. The number of sulfonamides is 1. The van der Waals surface area contributed by atoms with Gasteiger partial charge in [-0.2, -0.15) is 4.31 Å². The van der Waals surface area contributed by atoms with Crippen LogP contribution in [-0.2, 0) is 10.0 Å². The van der Waals surface area contributed by atoms with Crippen LogP contribution in [0.5, 0.6) is 5.75 Å². The van der Waals surface area contributed by atoms with Crippen molar-refractivity contribution in [1.29, 1.82) is 0 Å². The summed E-state index contributed by atoms with van der Waals surface area (Å²) in [6.45, 7) is 5.88. The van der Waals surface area contributed by atoms with Crippen LogP contribution in [0.15, 0.2) is 17.0 Å². The molecule has 0 saturated carbocycles. The lowest BCUT2D eigenvalue weighted by molar-refractivity contribution is 0.268. The maximum Gasteiger partial charge on any atom is 0.243 e. The Labute approximate surface area is 132 Å². The summed E-state index contributed by atoms with van der Waals surface area (Å²) in [5.74, 6) is 0.669. The molecule has 1 saturated heterocycles. The molecule has 0 N–H and O–H groups in total. The van der Waals surface area contributed by atoms with E-state index in [4.69, 9.17) is 4.74 Å². The fourth-order valence-electron chi connectivity index (χ4n) is 3.31. The Kier molecular flexibility index (Phi) is 4.07. The Hall–Kier alpha value is -1.27. The second-order valence-corrected chi connectivity index (χ2v) is 8.17. The van der Waals surface area contributed by atoms with Gasteiger partial charge in [0, 0.05) is 25.7 Å². The van der Waals surface area contributed by atoms with Gasteiger partial charge in [0.2, 0.25) is 10.0 Å². The molecular formula is C16H24N2O3S. The zero-order chi connectivity index (χ0) is 15.9. The maximum atomic E-state index is 13.0. The second-order valence-electron chi connectivity index (χ2n) is 6.32. The fourth-order valence-corrected chi connectivity index (χ4v) is 5.24. The van der Waals surface area contributed by atoms with Crippen LogP contribution >= 0.6 is 0 Å². The number of fused-ring (bicyclic) bond motifs is 1. The fraction of sp³-hybridized carbons (Fsp3) is 0.625.